The molecule has 108 valence electrons. The van der Waals surface area contributed by atoms with Gasteiger partial charge in [0.25, 0.3) is 0 Å². The largest absolute Gasteiger partial charge is 0.389 e. The average Bonchev–Trinajstić information content (AvgIpc) is 2.46. The summed E-state index contributed by atoms with van der Waals surface area (Å²) in [5.74, 6) is 0.456. The SMILES string of the molecule is N#Cc1cnc(Nc2ccc(CCC(F)(F)F)cc2)cn1. The maximum absolute atomic E-state index is 12.1. The van der Waals surface area contributed by atoms with Crippen molar-refractivity contribution >= 4 is 11.5 Å². The Hall–Kier alpha value is -2.62. The monoisotopic (exact) mass is 292 g/mol. The summed E-state index contributed by atoms with van der Waals surface area (Å²) in [5.41, 5.74) is 1.51. The van der Waals surface area contributed by atoms with Crippen molar-refractivity contribution in [3.8, 4) is 6.07 Å². The fourth-order valence-corrected chi connectivity index (χ4v) is 1.64. The second-order valence-electron chi connectivity index (χ2n) is 4.34. The first-order chi connectivity index (χ1) is 9.96. The zero-order valence-corrected chi connectivity index (χ0v) is 10.9. The molecule has 1 heterocycles. The number of nitrogens with zero attached hydrogens (tertiary/aromatic N) is 3. The Labute approximate surface area is 119 Å². The molecule has 7 heteroatoms. The van der Waals surface area contributed by atoms with Gasteiger partial charge in [-0.2, -0.15) is 18.4 Å². The first-order valence-electron chi connectivity index (χ1n) is 6.11. The lowest BCUT2D eigenvalue weighted by Crippen LogP contribution is -2.08. The Balaban J connectivity index is 1.97. The quantitative estimate of drug-likeness (QED) is 0.935. The van der Waals surface area contributed by atoms with Crippen LogP contribution in [0.15, 0.2) is 36.7 Å². The first-order valence-corrected chi connectivity index (χ1v) is 6.11. The molecule has 4 nitrogen and oxygen atoms in total. The molecule has 0 radical (unpaired) electrons. The second kappa shape index (κ2) is 6.22. The Bertz CT molecular complexity index is 627. The van der Waals surface area contributed by atoms with E-state index >= 15 is 0 Å². The fourth-order valence-electron chi connectivity index (χ4n) is 1.64. The summed E-state index contributed by atoms with van der Waals surface area (Å²) < 4.78 is 36.4. The van der Waals surface area contributed by atoms with Crippen LogP contribution in [0.1, 0.15) is 17.7 Å². The minimum absolute atomic E-state index is 0.0412. The van der Waals surface area contributed by atoms with E-state index in [-0.39, 0.29) is 12.1 Å². The number of aryl methyl sites for hydroxylation is 1. The van der Waals surface area contributed by atoms with Crippen LogP contribution >= 0.6 is 0 Å². The maximum Gasteiger partial charge on any atom is 0.389 e. The minimum atomic E-state index is -4.14. The Kier molecular flexibility index (Phi) is 4.38. The van der Waals surface area contributed by atoms with E-state index in [1.54, 1.807) is 24.3 Å². The lowest BCUT2D eigenvalue weighted by molar-refractivity contribution is -0.133. The van der Waals surface area contributed by atoms with E-state index < -0.39 is 12.6 Å². The molecule has 1 N–H and O–H groups in total. The van der Waals surface area contributed by atoms with Crippen molar-refractivity contribution in [3.63, 3.8) is 0 Å². The molecule has 0 aliphatic carbocycles. The van der Waals surface area contributed by atoms with Crippen molar-refractivity contribution in [1.82, 2.24) is 9.97 Å². The summed E-state index contributed by atoms with van der Waals surface area (Å²) in [6, 6.07) is 8.46. The highest BCUT2D eigenvalue weighted by molar-refractivity contribution is 5.55. The number of aromatic nitrogens is 2. The van der Waals surface area contributed by atoms with Gasteiger partial charge in [0.1, 0.15) is 11.9 Å². The van der Waals surface area contributed by atoms with Crippen molar-refractivity contribution in [2.75, 3.05) is 5.32 Å². The number of benzene rings is 1. The summed E-state index contributed by atoms with van der Waals surface area (Å²) in [5, 5.41) is 11.6. The molecule has 0 amide bonds. The Morgan fingerprint density at radius 1 is 1.10 bits per heavy atom. The number of rotatable bonds is 4. The van der Waals surface area contributed by atoms with E-state index in [1.807, 2.05) is 6.07 Å². The van der Waals surface area contributed by atoms with Crippen LogP contribution in [0.5, 0.6) is 0 Å². The predicted octanol–water partition coefficient (Wildman–Crippen LogP) is 3.59. The van der Waals surface area contributed by atoms with Gasteiger partial charge in [-0.1, -0.05) is 12.1 Å². The highest BCUT2D eigenvalue weighted by Crippen LogP contribution is 2.23. The number of nitriles is 1. The molecule has 0 bridgehead atoms. The smallest absolute Gasteiger partial charge is 0.339 e. The molecule has 2 rings (SSSR count). The van der Waals surface area contributed by atoms with Gasteiger partial charge in [0, 0.05) is 12.1 Å². The standard InChI is InChI=1S/C14H11F3N4/c15-14(16,17)6-5-10-1-3-11(4-2-10)21-13-9-19-12(7-18)8-20-13/h1-4,8-9H,5-6H2,(H,20,21). The van der Waals surface area contributed by atoms with Crippen molar-refractivity contribution in [2.24, 2.45) is 0 Å². The second-order valence-corrected chi connectivity index (χ2v) is 4.34. The summed E-state index contributed by atoms with van der Waals surface area (Å²) in [4.78, 5) is 7.85. The van der Waals surface area contributed by atoms with E-state index in [4.69, 9.17) is 5.26 Å². The summed E-state index contributed by atoms with van der Waals surface area (Å²) in [6.07, 6.45) is -2.27. The third kappa shape index (κ3) is 4.76. The van der Waals surface area contributed by atoms with Gasteiger partial charge in [0.2, 0.25) is 0 Å². The van der Waals surface area contributed by atoms with Crippen molar-refractivity contribution in [3.05, 3.63) is 47.9 Å². The highest BCUT2D eigenvalue weighted by Gasteiger charge is 2.26. The minimum Gasteiger partial charge on any atom is -0.339 e. The zero-order valence-electron chi connectivity index (χ0n) is 10.9. The van der Waals surface area contributed by atoms with Crippen LogP contribution in [0.2, 0.25) is 0 Å². The van der Waals surface area contributed by atoms with E-state index in [0.29, 0.717) is 17.1 Å². The van der Waals surface area contributed by atoms with E-state index in [2.05, 4.69) is 15.3 Å². The molecule has 0 atom stereocenters. The van der Waals surface area contributed by atoms with Gasteiger partial charge in [-0.05, 0) is 24.1 Å². The molecule has 0 spiro atoms. The molecular formula is C14H11F3N4. The van der Waals surface area contributed by atoms with Crippen molar-refractivity contribution < 1.29 is 13.2 Å². The van der Waals surface area contributed by atoms with E-state index in [1.165, 1.54) is 12.4 Å². The Morgan fingerprint density at radius 3 is 2.33 bits per heavy atom. The molecule has 0 unspecified atom stereocenters. The summed E-state index contributed by atoms with van der Waals surface area (Å²) in [6.45, 7) is 0. The number of halogens is 3. The molecule has 0 saturated carbocycles. The van der Waals surface area contributed by atoms with Crippen molar-refractivity contribution in [2.45, 2.75) is 19.0 Å². The van der Waals surface area contributed by atoms with Crippen LogP contribution in [0.3, 0.4) is 0 Å². The molecule has 1 aromatic carbocycles. The number of hydrogen-bond donors (Lipinski definition) is 1. The van der Waals surface area contributed by atoms with Gasteiger partial charge < -0.3 is 5.32 Å². The molecule has 21 heavy (non-hydrogen) atoms. The van der Waals surface area contributed by atoms with Crippen LogP contribution in [0.25, 0.3) is 0 Å². The third-order valence-electron chi connectivity index (χ3n) is 2.69. The van der Waals surface area contributed by atoms with E-state index in [9.17, 15) is 13.2 Å². The van der Waals surface area contributed by atoms with E-state index in [0.717, 1.165) is 0 Å². The predicted molar refractivity (Wildman–Crippen MR) is 70.8 cm³/mol. The molecule has 2 aromatic rings. The fraction of sp³-hybridized carbons (Fsp3) is 0.214. The molecule has 0 aliphatic heterocycles. The molecular weight excluding hydrogens is 281 g/mol. The molecule has 0 aliphatic rings. The topological polar surface area (TPSA) is 61.6 Å². The van der Waals surface area contributed by atoms with Crippen LogP contribution < -0.4 is 5.32 Å². The van der Waals surface area contributed by atoms with Crippen molar-refractivity contribution in [1.29, 1.82) is 5.26 Å². The molecule has 0 saturated heterocycles. The van der Waals surface area contributed by atoms with Gasteiger partial charge in [-0.15, -0.1) is 0 Å². The lowest BCUT2D eigenvalue weighted by atomic mass is 10.1. The molecule has 0 fully saturated rings. The zero-order chi connectivity index (χ0) is 15.3. The number of anilines is 2. The van der Waals surface area contributed by atoms with Gasteiger partial charge in [0.05, 0.1) is 12.4 Å². The number of hydrogen-bond acceptors (Lipinski definition) is 4. The van der Waals surface area contributed by atoms with Crippen LogP contribution in [0.4, 0.5) is 24.7 Å². The van der Waals surface area contributed by atoms with Gasteiger partial charge in [-0.3, -0.25) is 0 Å². The van der Waals surface area contributed by atoms with Gasteiger partial charge in [-0.25, -0.2) is 9.97 Å². The first kappa shape index (κ1) is 14.8. The Morgan fingerprint density at radius 2 is 1.81 bits per heavy atom. The summed E-state index contributed by atoms with van der Waals surface area (Å²) in [7, 11) is 0. The number of alkyl halides is 3. The third-order valence-corrected chi connectivity index (χ3v) is 2.69. The summed E-state index contributed by atoms with van der Waals surface area (Å²) >= 11 is 0. The molecule has 1 aromatic heterocycles. The highest BCUT2D eigenvalue weighted by atomic mass is 19.4. The maximum atomic E-state index is 12.1. The van der Waals surface area contributed by atoms with Crippen LogP contribution in [-0.4, -0.2) is 16.1 Å². The van der Waals surface area contributed by atoms with Crippen LogP contribution in [-0.2, 0) is 6.42 Å². The average molecular weight is 292 g/mol. The normalized spacial score (nSPS) is 11.0. The van der Waals surface area contributed by atoms with Crippen LogP contribution in [0, 0.1) is 11.3 Å². The van der Waals surface area contributed by atoms with Gasteiger partial charge >= 0.3 is 6.18 Å². The number of nitrogens with one attached hydrogen (secondary N) is 1. The lowest BCUT2D eigenvalue weighted by Gasteiger charge is -2.08. The van der Waals surface area contributed by atoms with Gasteiger partial charge in [0.15, 0.2) is 5.69 Å².